The van der Waals surface area contributed by atoms with Crippen LogP contribution in [0.15, 0.2) is 49.4 Å². The average molecular weight is 404 g/mol. The molecule has 8 heteroatoms. The molecule has 0 aliphatic heterocycles. The predicted molar refractivity (Wildman–Crippen MR) is 85.3 cm³/mol. The van der Waals surface area contributed by atoms with E-state index in [9.17, 15) is 10.1 Å². The summed E-state index contributed by atoms with van der Waals surface area (Å²) in [6.45, 7) is 0. The van der Waals surface area contributed by atoms with Crippen molar-refractivity contribution in [3.63, 3.8) is 0 Å². The van der Waals surface area contributed by atoms with Gasteiger partial charge in [0.2, 0.25) is 0 Å². The zero-order valence-corrected chi connectivity index (χ0v) is 13.9. The van der Waals surface area contributed by atoms with Crippen LogP contribution >= 0.6 is 62.5 Å². The van der Waals surface area contributed by atoms with Gasteiger partial charge in [-0.1, -0.05) is 65.1 Å². The third kappa shape index (κ3) is 5.36. The van der Waals surface area contributed by atoms with Gasteiger partial charge < -0.3 is 0 Å². The van der Waals surface area contributed by atoms with Gasteiger partial charge >= 0.3 is 5.70 Å². The molecule has 0 N–H and O–H groups in total. The van der Waals surface area contributed by atoms with Crippen molar-refractivity contribution in [2.45, 2.75) is 5.75 Å². The monoisotopic (exact) mass is 401 g/mol. The van der Waals surface area contributed by atoms with Crippen molar-refractivity contribution in [2.75, 3.05) is 0 Å². The zero-order chi connectivity index (χ0) is 14.4. The van der Waals surface area contributed by atoms with E-state index in [1.54, 1.807) is 0 Å². The Bertz CT molecular complexity index is 530. The van der Waals surface area contributed by atoms with Crippen LogP contribution in [0.4, 0.5) is 0 Å². The minimum atomic E-state index is -0.660. The van der Waals surface area contributed by atoms with E-state index in [1.165, 1.54) is 0 Å². The number of allylic oxidation sites excluding steroid dienone is 1. The summed E-state index contributed by atoms with van der Waals surface area (Å²) in [5.74, 6) is 0.501. The SMILES string of the molecule is O=[N+]([O-])C(=C(\Cl)SCc1ccccc1)/C(Cl)=C(/Cl)Br. The van der Waals surface area contributed by atoms with Gasteiger partial charge in [-0.05, 0) is 21.5 Å². The van der Waals surface area contributed by atoms with Crippen LogP contribution in [0.3, 0.4) is 0 Å². The molecule has 0 radical (unpaired) electrons. The van der Waals surface area contributed by atoms with Crippen molar-refractivity contribution in [1.82, 2.24) is 0 Å². The van der Waals surface area contributed by atoms with Crippen molar-refractivity contribution >= 4 is 62.5 Å². The lowest BCUT2D eigenvalue weighted by molar-refractivity contribution is -0.419. The van der Waals surface area contributed by atoms with Crippen LogP contribution in [-0.2, 0) is 5.75 Å². The highest BCUT2D eigenvalue weighted by atomic mass is 79.9. The Morgan fingerprint density at radius 2 is 1.84 bits per heavy atom. The Labute approximate surface area is 137 Å². The molecule has 19 heavy (non-hydrogen) atoms. The van der Waals surface area contributed by atoms with Crippen molar-refractivity contribution < 1.29 is 4.92 Å². The van der Waals surface area contributed by atoms with E-state index in [2.05, 4.69) is 15.9 Å². The van der Waals surface area contributed by atoms with Crippen molar-refractivity contribution in [3.8, 4) is 0 Å². The second-order valence-electron chi connectivity index (χ2n) is 3.23. The molecule has 1 aromatic rings. The van der Waals surface area contributed by atoms with E-state index < -0.39 is 10.6 Å². The van der Waals surface area contributed by atoms with Gasteiger partial charge in [0.15, 0.2) is 4.36 Å². The molecule has 0 saturated carbocycles. The Kier molecular flexibility index (Phi) is 7.25. The summed E-state index contributed by atoms with van der Waals surface area (Å²) in [4.78, 5) is 10.3. The Morgan fingerprint density at radius 1 is 1.26 bits per heavy atom. The number of nitrogens with zero attached hydrogens (tertiary/aromatic N) is 1. The largest absolute Gasteiger partial charge is 0.314 e. The molecule has 3 nitrogen and oxygen atoms in total. The summed E-state index contributed by atoms with van der Waals surface area (Å²) in [5.41, 5.74) is 0.588. The number of benzene rings is 1. The quantitative estimate of drug-likeness (QED) is 0.363. The highest BCUT2D eigenvalue weighted by Crippen LogP contribution is 2.35. The Hall–Kier alpha value is -0.200. The van der Waals surface area contributed by atoms with Crippen LogP contribution in [-0.4, -0.2) is 4.92 Å². The van der Waals surface area contributed by atoms with Gasteiger partial charge in [0.05, 0.1) is 4.92 Å². The van der Waals surface area contributed by atoms with E-state index in [-0.39, 0.29) is 13.3 Å². The molecule has 1 aromatic carbocycles. The highest BCUT2D eigenvalue weighted by Gasteiger charge is 2.24. The van der Waals surface area contributed by atoms with Gasteiger partial charge in [0.1, 0.15) is 8.97 Å². The maximum absolute atomic E-state index is 11.0. The van der Waals surface area contributed by atoms with Crippen LogP contribution in [0.25, 0.3) is 0 Å². The minimum Gasteiger partial charge on any atom is -0.258 e. The first-order valence-electron chi connectivity index (χ1n) is 4.85. The topological polar surface area (TPSA) is 43.1 Å². The number of halogens is 4. The summed E-state index contributed by atoms with van der Waals surface area (Å²) in [6, 6.07) is 9.45. The first-order valence-corrected chi connectivity index (χ1v) is 7.76. The van der Waals surface area contributed by atoms with Gasteiger partial charge in [0.25, 0.3) is 0 Å². The van der Waals surface area contributed by atoms with Gasteiger partial charge in [-0.25, -0.2) is 0 Å². The predicted octanol–water partition coefficient (Wildman–Crippen LogP) is 5.65. The molecule has 0 saturated heterocycles. The van der Waals surface area contributed by atoms with Crippen molar-refractivity contribution in [1.29, 1.82) is 0 Å². The normalized spacial score (nSPS) is 13.7. The fourth-order valence-corrected chi connectivity index (χ4v) is 2.79. The lowest BCUT2D eigenvalue weighted by atomic mass is 10.2. The second kappa shape index (κ2) is 8.17. The molecule has 0 amide bonds. The van der Waals surface area contributed by atoms with Crippen LogP contribution in [0.2, 0.25) is 0 Å². The molecule has 0 spiro atoms. The smallest absolute Gasteiger partial charge is 0.258 e. The average Bonchev–Trinajstić information content (AvgIpc) is 2.37. The van der Waals surface area contributed by atoms with Gasteiger partial charge in [-0.2, -0.15) is 0 Å². The Balaban J connectivity index is 2.93. The molecule has 0 atom stereocenters. The number of hydrogen-bond donors (Lipinski definition) is 0. The number of hydrogen-bond acceptors (Lipinski definition) is 3. The molecule has 0 aliphatic carbocycles. The maximum Gasteiger partial charge on any atom is 0.314 e. The standard InChI is InChI=1S/C11H7BrCl3NO2S/c12-10(14)8(13)9(16(17)18)11(15)19-6-7-4-2-1-3-5-7/h1-5H,6H2/b10-8-,11-9+. The van der Waals surface area contributed by atoms with Crippen LogP contribution in [0, 0.1) is 10.1 Å². The summed E-state index contributed by atoms with van der Waals surface area (Å²) in [6.07, 6.45) is 0. The van der Waals surface area contributed by atoms with Crippen molar-refractivity contribution in [3.05, 3.63) is 65.0 Å². The molecule has 0 fully saturated rings. The molecule has 1 rings (SSSR count). The molecular weight excluding hydrogens is 396 g/mol. The number of thioether (sulfide) groups is 1. The Morgan fingerprint density at radius 3 is 2.32 bits per heavy atom. The van der Waals surface area contributed by atoms with Crippen LogP contribution in [0.1, 0.15) is 5.56 Å². The van der Waals surface area contributed by atoms with E-state index in [1.807, 2.05) is 30.3 Å². The van der Waals surface area contributed by atoms with Gasteiger partial charge in [-0.15, -0.1) is 11.8 Å². The molecule has 0 aromatic heterocycles. The molecule has 0 heterocycles. The van der Waals surface area contributed by atoms with Crippen LogP contribution < -0.4 is 0 Å². The third-order valence-corrected chi connectivity index (χ3v) is 4.66. The second-order valence-corrected chi connectivity index (χ2v) is 6.82. The van der Waals surface area contributed by atoms with Crippen LogP contribution in [0.5, 0.6) is 0 Å². The number of nitro groups is 1. The van der Waals surface area contributed by atoms with Crippen molar-refractivity contribution in [2.24, 2.45) is 0 Å². The fraction of sp³-hybridized carbons (Fsp3) is 0.0909. The summed E-state index contributed by atoms with van der Waals surface area (Å²) in [7, 11) is 0. The summed E-state index contributed by atoms with van der Waals surface area (Å²) >= 11 is 21.3. The molecular formula is C11H7BrCl3NO2S. The number of rotatable bonds is 5. The fourth-order valence-electron chi connectivity index (χ4n) is 1.12. The molecule has 102 valence electrons. The first-order chi connectivity index (χ1) is 8.93. The van der Waals surface area contributed by atoms with Gasteiger partial charge in [-0.3, -0.25) is 10.1 Å². The van der Waals surface area contributed by atoms with E-state index in [0.717, 1.165) is 17.3 Å². The first kappa shape index (κ1) is 16.9. The van der Waals surface area contributed by atoms with E-state index >= 15 is 0 Å². The summed E-state index contributed by atoms with van der Waals surface area (Å²) in [5, 5.41) is 10.7. The van der Waals surface area contributed by atoms with E-state index in [0.29, 0.717) is 5.75 Å². The zero-order valence-electron chi connectivity index (χ0n) is 9.28. The highest BCUT2D eigenvalue weighted by molar-refractivity contribution is 9.12. The molecule has 0 bridgehead atoms. The molecule has 0 unspecified atom stereocenters. The maximum atomic E-state index is 11.0. The molecule has 0 aliphatic rings. The lowest BCUT2D eigenvalue weighted by Crippen LogP contribution is -2.01. The van der Waals surface area contributed by atoms with E-state index in [4.69, 9.17) is 34.8 Å². The lowest BCUT2D eigenvalue weighted by Gasteiger charge is -2.03. The minimum absolute atomic E-state index is 0.0172. The summed E-state index contributed by atoms with van der Waals surface area (Å²) < 4.78 is -0.0734. The third-order valence-electron chi connectivity index (χ3n) is 1.95. The van der Waals surface area contributed by atoms with Gasteiger partial charge in [0, 0.05) is 5.75 Å².